The molecule has 0 saturated carbocycles. The Morgan fingerprint density at radius 2 is 0.522 bits per heavy atom. The molecule has 113 heavy (non-hydrogen) atoms. The summed E-state index contributed by atoms with van der Waals surface area (Å²) in [4.78, 5) is 64.2. The first kappa shape index (κ1) is 92.7. The molecule has 652 valence electrons. The van der Waals surface area contributed by atoms with Gasteiger partial charge in [0.25, 0.3) is 0 Å². The molecule has 9 aliphatic heterocycles. The van der Waals surface area contributed by atoms with E-state index < -0.39 is 352 Å². The van der Waals surface area contributed by atoms with Crippen molar-refractivity contribution in [2.75, 3.05) is 46.2 Å². The van der Waals surface area contributed by atoms with Gasteiger partial charge in [-0.25, -0.2) is 0 Å². The zero-order chi connectivity index (χ0) is 83.4. The molecule has 0 aromatic rings. The minimum absolute atomic E-state index is 0.825. The van der Waals surface area contributed by atoms with Crippen LogP contribution in [0.4, 0.5) is 0 Å². The molecule has 0 aromatic carbocycles. The zero-order valence-corrected chi connectivity index (χ0v) is 61.8. The fraction of sp³-hybridized carbons (Fsp3) is 0.922. The van der Waals surface area contributed by atoms with E-state index in [1.165, 1.54) is 13.8 Å². The first-order chi connectivity index (χ1) is 53.3. The molecule has 9 heterocycles. The minimum atomic E-state index is -2.26. The third-order valence-electron chi connectivity index (χ3n) is 20.7. The average Bonchev–Trinajstić information content (AvgIpc) is 0.679. The molecule has 5 amide bonds. The van der Waals surface area contributed by atoms with Gasteiger partial charge in [-0.3, -0.25) is 24.0 Å². The van der Waals surface area contributed by atoms with Crippen molar-refractivity contribution in [3.63, 3.8) is 0 Å². The van der Waals surface area contributed by atoms with Gasteiger partial charge in [0.2, 0.25) is 29.5 Å². The molecule has 27 N–H and O–H groups in total. The van der Waals surface area contributed by atoms with Gasteiger partial charge in [0.05, 0.1) is 58.5 Å². The smallest absolute Gasteiger partial charge is 0.217 e. The normalized spacial score (nSPS) is 48.5. The number of aliphatic hydroxyl groups excluding tert-OH is 22. The lowest BCUT2D eigenvalue weighted by Gasteiger charge is -2.52. The van der Waals surface area contributed by atoms with Gasteiger partial charge >= 0.3 is 0 Å². The van der Waals surface area contributed by atoms with Crippen LogP contribution in [0.15, 0.2) is 0 Å². The van der Waals surface area contributed by atoms with Gasteiger partial charge in [0, 0.05) is 34.6 Å². The van der Waals surface area contributed by atoms with Crippen LogP contribution in [0.1, 0.15) is 48.5 Å². The molecular formula is C64H107N5O44. The molecule has 0 aromatic heterocycles. The van der Waals surface area contributed by atoms with Crippen molar-refractivity contribution in [2.24, 2.45) is 0 Å². The number of carbonyl (C=O) groups excluding carboxylic acids is 5. The van der Waals surface area contributed by atoms with Crippen LogP contribution < -0.4 is 26.6 Å². The van der Waals surface area contributed by atoms with E-state index in [2.05, 4.69) is 26.6 Å². The molecule has 49 heteroatoms. The topological polar surface area (TPSA) is 747 Å². The predicted octanol–water partition coefficient (Wildman–Crippen LogP) is -17.9. The molecule has 0 spiro atoms. The second kappa shape index (κ2) is 40.2. The lowest BCUT2D eigenvalue weighted by Crippen LogP contribution is -2.71. The summed E-state index contributed by atoms with van der Waals surface area (Å²) in [5.74, 6) is -4.43. The van der Waals surface area contributed by atoms with Crippen LogP contribution in [-0.2, 0) is 104 Å². The Kier molecular flexibility index (Phi) is 33.0. The maximum atomic E-state index is 13.2. The minimum Gasteiger partial charge on any atom is -0.394 e. The molecule has 9 rings (SSSR count). The SMILES string of the molecule is CC(=O)NC1C(OC2C(O)C(CO)OC(OC3C(CO)OC(OCC4OC(O)C(NC(C)=O)C(OC5OC(CO)C(OC6OC(CO)C(O)C(OC7OC(CO)C(O)C(O)C7NC(C)=O)C6OC6OC(C)C(O)C(O)C6O)C(O)C5NC(C)=O)C4O)C(NC(C)=O)C3O)C2OC2OC(C)C(O)C(O)C2O)OC(CO)C(O)C1O. The number of aliphatic hydroxyl groups is 22. The molecule has 0 radical (unpaired) electrons. The molecule has 0 aliphatic carbocycles. The van der Waals surface area contributed by atoms with Gasteiger partial charge in [-0.1, -0.05) is 0 Å². The maximum absolute atomic E-state index is 13.2. The number of nitrogens with one attached hydrogen (secondary N) is 5. The fourth-order valence-corrected chi connectivity index (χ4v) is 14.7. The lowest BCUT2D eigenvalue weighted by molar-refractivity contribution is -0.400. The Bertz CT molecular complexity index is 3060. The van der Waals surface area contributed by atoms with E-state index in [1.807, 2.05) is 0 Å². The Hall–Kier alpha value is -4.21. The standard InChI is InChI=1S/C64H107N5O44/c1-15-34(81)45(92)47(94)61(98-15)112-54-52(110-58-29(65-17(3)76)41(88)36(83)22(8-70)101-58)38(85)24(10-72)103-63(54)107-49-26(12-74)105-57(31(43(49)90)67-19(5)78)97-14-28-40(87)51(33(56(96)100-28)69-21(7)80)109-60-32(68-20(6)79)44(91)50(27(13-75)106-60)108-64-55(113-62-48(95)46(93)35(82)16(2)99-62)53(39(86)25(11-73)104-64)111-59-30(66-18(4)77)42(89)37(84)23(9-71)102-59/h15-16,22-64,70-75,81-96H,8-14H2,1-7H3,(H,65,76)(H,66,77)(H,67,78)(H,68,79)(H,69,80). The van der Waals surface area contributed by atoms with Crippen molar-refractivity contribution in [3.05, 3.63) is 0 Å². The van der Waals surface area contributed by atoms with Crippen molar-refractivity contribution >= 4 is 29.5 Å². The molecule has 45 unspecified atom stereocenters. The summed E-state index contributed by atoms with van der Waals surface area (Å²) in [6.07, 6.45) is -78.9. The van der Waals surface area contributed by atoms with E-state index in [1.54, 1.807) is 0 Å². The molecule has 0 bridgehead atoms. The predicted molar refractivity (Wildman–Crippen MR) is 352 cm³/mol. The second-order valence-electron chi connectivity index (χ2n) is 28.9. The second-order valence-corrected chi connectivity index (χ2v) is 28.9. The van der Waals surface area contributed by atoms with E-state index in [-0.39, 0.29) is 0 Å². The number of hydrogen-bond acceptors (Lipinski definition) is 44. The van der Waals surface area contributed by atoms with Crippen LogP contribution in [-0.4, -0.2) is 464 Å². The third-order valence-corrected chi connectivity index (χ3v) is 20.7. The highest BCUT2D eigenvalue weighted by molar-refractivity contribution is 5.75. The largest absolute Gasteiger partial charge is 0.394 e. The van der Waals surface area contributed by atoms with Crippen molar-refractivity contribution in [2.45, 2.75) is 325 Å². The first-order valence-corrected chi connectivity index (χ1v) is 36.3. The molecule has 49 nitrogen and oxygen atoms in total. The van der Waals surface area contributed by atoms with E-state index in [9.17, 15) is 136 Å². The maximum Gasteiger partial charge on any atom is 0.217 e. The highest BCUT2D eigenvalue weighted by Crippen LogP contribution is 2.41. The number of hydrogen-bond donors (Lipinski definition) is 27. The van der Waals surface area contributed by atoms with Gasteiger partial charge in [0.15, 0.2) is 56.6 Å². The van der Waals surface area contributed by atoms with Crippen molar-refractivity contribution in [1.82, 2.24) is 26.6 Å². The first-order valence-electron chi connectivity index (χ1n) is 36.3. The van der Waals surface area contributed by atoms with Crippen LogP contribution in [0.25, 0.3) is 0 Å². The number of rotatable bonds is 28. The van der Waals surface area contributed by atoms with Gasteiger partial charge < -0.3 is 219 Å². The number of amides is 5. The summed E-state index contributed by atoms with van der Waals surface area (Å²) in [5, 5.41) is 258. The highest BCUT2D eigenvalue weighted by Gasteiger charge is 2.62. The Morgan fingerprint density at radius 1 is 0.248 bits per heavy atom. The van der Waals surface area contributed by atoms with E-state index in [0.29, 0.717) is 0 Å². The van der Waals surface area contributed by atoms with E-state index in [0.717, 1.165) is 34.6 Å². The summed E-state index contributed by atoms with van der Waals surface area (Å²) in [5.41, 5.74) is 0. The Balaban J connectivity index is 0.980. The van der Waals surface area contributed by atoms with Crippen LogP contribution in [0.2, 0.25) is 0 Å². The summed E-state index contributed by atoms with van der Waals surface area (Å²) < 4.78 is 103. The molecule has 9 aliphatic rings. The quantitative estimate of drug-likeness (QED) is 0.0346. The zero-order valence-electron chi connectivity index (χ0n) is 61.8. The van der Waals surface area contributed by atoms with Crippen LogP contribution in [0.3, 0.4) is 0 Å². The van der Waals surface area contributed by atoms with E-state index in [4.69, 9.17) is 80.5 Å². The van der Waals surface area contributed by atoms with Gasteiger partial charge in [-0.15, -0.1) is 0 Å². The Morgan fingerprint density at radius 3 is 0.876 bits per heavy atom. The van der Waals surface area contributed by atoms with Crippen LogP contribution >= 0.6 is 0 Å². The molecular weight excluding hydrogens is 1540 g/mol. The van der Waals surface area contributed by atoms with Crippen molar-refractivity contribution < 1.29 is 217 Å². The van der Waals surface area contributed by atoms with Gasteiger partial charge in [-0.2, -0.15) is 0 Å². The van der Waals surface area contributed by atoms with Crippen LogP contribution in [0, 0.1) is 0 Å². The monoisotopic (exact) mass is 1650 g/mol. The molecule has 9 fully saturated rings. The van der Waals surface area contributed by atoms with Gasteiger partial charge in [0.1, 0.15) is 207 Å². The molecule has 45 atom stereocenters. The van der Waals surface area contributed by atoms with Crippen LogP contribution in [0.5, 0.6) is 0 Å². The van der Waals surface area contributed by atoms with Crippen molar-refractivity contribution in [1.29, 1.82) is 0 Å². The third kappa shape index (κ3) is 20.8. The highest BCUT2D eigenvalue weighted by atomic mass is 16.8. The summed E-state index contributed by atoms with van der Waals surface area (Å²) in [6.45, 7) is -0.0642. The molecule has 9 saturated heterocycles. The number of ether oxygens (including phenoxy) is 17. The lowest BCUT2D eigenvalue weighted by atomic mass is 9.93. The average molecular weight is 1650 g/mol. The van der Waals surface area contributed by atoms with Gasteiger partial charge in [-0.05, 0) is 13.8 Å². The Labute approximate surface area is 642 Å². The fourth-order valence-electron chi connectivity index (χ4n) is 14.7. The number of carbonyl (C=O) groups is 5. The summed E-state index contributed by atoms with van der Waals surface area (Å²) in [7, 11) is 0. The summed E-state index contributed by atoms with van der Waals surface area (Å²) in [6, 6.07) is -9.15. The van der Waals surface area contributed by atoms with E-state index >= 15 is 0 Å². The summed E-state index contributed by atoms with van der Waals surface area (Å²) >= 11 is 0. The van der Waals surface area contributed by atoms with Crippen molar-refractivity contribution in [3.8, 4) is 0 Å².